The molecular weight excluding hydrogens is 192 g/mol. The maximum atomic E-state index is 10.8. The number of aromatic nitrogens is 1. The van der Waals surface area contributed by atoms with Gasteiger partial charge in [0.2, 0.25) is 0 Å². The molecular formula is C11H12N2O2. The van der Waals surface area contributed by atoms with Gasteiger partial charge in [0.15, 0.2) is 0 Å². The normalized spacial score (nSPS) is 9.13. The van der Waals surface area contributed by atoms with E-state index in [1.165, 1.54) is 12.3 Å². The Labute approximate surface area is 88.3 Å². The number of aromatic carboxylic acids is 1. The van der Waals surface area contributed by atoms with Crippen molar-refractivity contribution in [1.82, 2.24) is 10.3 Å². The van der Waals surface area contributed by atoms with Gasteiger partial charge in [-0.15, -0.1) is 0 Å². The number of nitrogens with zero attached hydrogens (tertiary/aromatic N) is 1. The van der Waals surface area contributed by atoms with Crippen LogP contribution in [0.25, 0.3) is 0 Å². The smallest absolute Gasteiger partial charge is 0.338 e. The van der Waals surface area contributed by atoms with Crippen LogP contribution in [0.1, 0.15) is 22.5 Å². The van der Waals surface area contributed by atoms with E-state index in [2.05, 4.69) is 22.1 Å². The average Bonchev–Trinajstić information content (AvgIpc) is 2.25. The summed E-state index contributed by atoms with van der Waals surface area (Å²) in [6, 6.07) is 3.08. The predicted octanol–water partition coefficient (Wildman–Crippen LogP) is 0.741. The fraction of sp³-hybridized carbons (Fsp3) is 0.273. The summed E-state index contributed by atoms with van der Waals surface area (Å²) >= 11 is 0. The van der Waals surface area contributed by atoms with Gasteiger partial charge in [0, 0.05) is 19.2 Å². The standard InChI is InChI=1S/C11H12N2O2/c1-12-7-3-2-6-10-9(11(14)15)5-4-8-13-10/h4-5,8,12H,3,7H2,1H3,(H,14,15). The molecule has 4 heteroatoms. The Bertz CT molecular complexity index is 405. The maximum Gasteiger partial charge on any atom is 0.338 e. The molecule has 1 aromatic rings. The number of pyridine rings is 1. The average molecular weight is 204 g/mol. The maximum absolute atomic E-state index is 10.8. The van der Waals surface area contributed by atoms with E-state index >= 15 is 0 Å². The van der Waals surface area contributed by atoms with Crippen molar-refractivity contribution < 1.29 is 9.90 Å². The van der Waals surface area contributed by atoms with Crippen LogP contribution in [0.4, 0.5) is 0 Å². The topological polar surface area (TPSA) is 62.2 Å². The molecule has 4 nitrogen and oxygen atoms in total. The fourth-order valence-electron chi connectivity index (χ4n) is 1.01. The molecule has 0 bridgehead atoms. The van der Waals surface area contributed by atoms with Crippen LogP contribution in [-0.4, -0.2) is 29.7 Å². The van der Waals surface area contributed by atoms with Gasteiger partial charge >= 0.3 is 5.97 Å². The number of hydrogen-bond acceptors (Lipinski definition) is 3. The number of carbonyl (C=O) groups is 1. The van der Waals surface area contributed by atoms with Crippen molar-refractivity contribution in [3.05, 3.63) is 29.6 Å². The Morgan fingerprint density at radius 2 is 2.47 bits per heavy atom. The van der Waals surface area contributed by atoms with Crippen LogP contribution >= 0.6 is 0 Å². The van der Waals surface area contributed by atoms with Crippen molar-refractivity contribution in [2.45, 2.75) is 6.42 Å². The second-order valence-corrected chi connectivity index (χ2v) is 2.86. The molecule has 0 saturated heterocycles. The Kier molecular flexibility index (Phi) is 4.32. The molecule has 0 aliphatic heterocycles. The molecule has 0 saturated carbocycles. The molecule has 1 aromatic heterocycles. The lowest BCUT2D eigenvalue weighted by molar-refractivity contribution is 0.0696. The summed E-state index contributed by atoms with van der Waals surface area (Å²) in [5, 5.41) is 11.8. The third kappa shape index (κ3) is 3.41. The van der Waals surface area contributed by atoms with E-state index in [9.17, 15) is 4.79 Å². The van der Waals surface area contributed by atoms with Crippen LogP contribution in [0.15, 0.2) is 18.3 Å². The molecule has 2 N–H and O–H groups in total. The summed E-state index contributed by atoms with van der Waals surface area (Å²) in [6.07, 6.45) is 2.21. The van der Waals surface area contributed by atoms with E-state index in [-0.39, 0.29) is 5.56 Å². The third-order valence-corrected chi connectivity index (χ3v) is 1.74. The van der Waals surface area contributed by atoms with Crippen LogP contribution in [0.2, 0.25) is 0 Å². The summed E-state index contributed by atoms with van der Waals surface area (Å²) in [7, 11) is 1.84. The largest absolute Gasteiger partial charge is 0.478 e. The minimum atomic E-state index is -0.999. The third-order valence-electron chi connectivity index (χ3n) is 1.74. The second kappa shape index (κ2) is 5.78. The summed E-state index contributed by atoms with van der Waals surface area (Å²) in [5.74, 6) is 4.61. The van der Waals surface area contributed by atoms with Gasteiger partial charge in [-0.05, 0) is 25.1 Å². The molecule has 15 heavy (non-hydrogen) atoms. The van der Waals surface area contributed by atoms with Gasteiger partial charge in [0.1, 0.15) is 5.69 Å². The van der Waals surface area contributed by atoms with Crippen molar-refractivity contribution in [3.8, 4) is 11.8 Å². The van der Waals surface area contributed by atoms with Crippen molar-refractivity contribution >= 4 is 5.97 Å². The van der Waals surface area contributed by atoms with E-state index < -0.39 is 5.97 Å². The SMILES string of the molecule is CNCCC#Cc1ncccc1C(=O)O. The molecule has 0 spiro atoms. The lowest BCUT2D eigenvalue weighted by Crippen LogP contribution is -2.06. The van der Waals surface area contributed by atoms with Gasteiger partial charge in [0.25, 0.3) is 0 Å². The van der Waals surface area contributed by atoms with Gasteiger partial charge in [-0.1, -0.05) is 5.92 Å². The molecule has 0 aliphatic rings. The molecule has 78 valence electrons. The Morgan fingerprint density at radius 1 is 1.67 bits per heavy atom. The van der Waals surface area contributed by atoms with E-state index in [0.29, 0.717) is 12.1 Å². The Morgan fingerprint density at radius 3 is 3.13 bits per heavy atom. The van der Waals surface area contributed by atoms with Crippen LogP contribution < -0.4 is 5.32 Å². The molecule has 0 amide bonds. The zero-order chi connectivity index (χ0) is 11.1. The van der Waals surface area contributed by atoms with E-state index in [4.69, 9.17) is 5.11 Å². The summed E-state index contributed by atoms with van der Waals surface area (Å²) < 4.78 is 0. The molecule has 1 heterocycles. The number of rotatable bonds is 3. The second-order valence-electron chi connectivity index (χ2n) is 2.86. The molecule has 0 aromatic carbocycles. The van der Waals surface area contributed by atoms with Crippen molar-refractivity contribution in [1.29, 1.82) is 0 Å². The van der Waals surface area contributed by atoms with Crippen molar-refractivity contribution in [2.24, 2.45) is 0 Å². The summed E-state index contributed by atoms with van der Waals surface area (Å²) in [5.41, 5.74) is 0.468. The molecule has 0 radical (unpaired) electrons. The van der Waals surface area contributed by atoms with E-state index in [1.807, 2.05) is 7.05 Å². The highest BCUT2D eigenvalue weighted by Crippen LogP contribution is 2.03. The molecule has 0 unspecified atom stereocenters. The van der Waals surface area contributed by atoms with Gasteiger partial charge < -0.3 is 10.4 Å². The molecule has 0 fully saturated rings. The van der Waals surface area contributed by atoms with E-state index in [1.54, 1.807) is 6.07 Å². The first-order chi connectivity index (χ1) is 7.25. The lowest BCUT2D eigenvalue weighted by atomic mass is 10.2. The number of nitrogens with one attached hydrogen (secondary N) is 1. The van der Waals surface area contributed by atoms with Crippen LogP contribution in [0, 0.1) is 11.8 Å². The zero-order valence-corrected chi connectivity index (χ0v) is 8.45. The first kappa shape index (κ1) is 11.2. The number of hydrogen-bond donors (Lipinski definition) is 2. The zero-order valence-electron chi connectivity index (χ0n) is 8.45. The predicted molar refractivity (Wildman–Crippen MR) is 56.6 cm³/mol. The fourth-order valence-corrected chi connectivity index (χ4v) is 1.01. The minimum Gasteiger partial charge on any atom is -0.478 e. The van der Waals surface area contributed by atoms with Gasteiger partial charge in [-0.25, -0.2) is 9.78 Å². The van der Waals surface area contributed by atoms with E-state index in [0.717, 1.165) is 6.54 Å². The van der Waals surface area contributed by atoms with Gasteiger partial charge in [-0.3, -0.25) is 0 Å². The van der Waals surface area contributed by atoms with Crippen LogP contribution in [0.5, 0.6) is 0 Å². The molecule has 0 aliphatic carbocycles. The Hall–Kier alpha value is -1.86. The van der Waals surface area contributed by atoms with Crippen LogP contribution in [-0.2, 0) is 0 Å². The van der Waals surface area contributed by atoms with Gasteiger partial charge in [0.05, 0.1) is 5.56 Å². The van der Waals surface area contributed by atoms with Crippen molar-refractivity contribution in [3.63, 3.8) is 0 Å². The molecule has 0 atom stereocenters. The monoisotopic (exact) mass is 204 g/mol. The Balaban J connectivity index is 2.83. The first-order valence-electron chi connectivity index (χ1n) is 4.57. The summed E-state index contributed by atoms with van der Waals surface area (Å²) in [4.78, 5) is 14.7. The quantitative estimate of drug-likeness (QED) is 0.563. The highest BCUT2D eigenvalue weighted by atomic mass is 16.4. The first-order valence-corrected chi connectivity index (χ1v) is 4.57. The van der Waals surface area contributed by atoms with Crippen molar-refractivity contribution in [2.75, 3.05) is 13.6 Å². The minimum absolute atomic E-state index is 0.148. The summed E-state index contributed by atoms with van der Waals surface area (Å²) in [6.45, 7) is 0.780. The highest BCUT2D eigenvalue weighted by molar-refractivity contribution is 5.89. The highest BCUT2D eigenvalue weighted by Gasteiger charge is 2.07. The number of carboxylic acids is 1. The molecule has 1 rings (SSSR count). The van der Waals surface area contributed by atoms with Gasteiger partial charge in [-0.2, -0.15) is 0 Å². The number of carboxylic acid groups (broad SMARTS) is 1. The van der Waals surface area contributed by atoms with Crippen LogP contribution in [0.3, 0.4) is 0 Å². The lowest BCUT2D eigenvalue weighted by Gasteiger charge is -1.95.